The molecule has 0 saturated carbocycles. The van der Waals surface area contributed by atoms with E-state index >= 15 is 0 Å². The number of rotatable bonds is 5. The lowest BCUT2D eigenvalue weighted by molar-refractivity contribution is 0.0525. The molecule has 2 aromatic heterocycles. The number of pyridine rings is 1. The fraction of sp³-hybridized carbons (Fsp3) is 0.471. The number of carbonyl (C=O) groups is 1. The topological polar surface area (TPSA) is 83.3 Å². The molecule has 7 nitrogen and oxygen atoms in total. The first-order valence-electron chi connectivity index (χ1n) is 8.16. The number of hydrogen-bond acceptors (Lipinski definition) is 5. The summed E-state index contributed by atoms with van der Waals surface area (Å²) in [4.78, 5) is 18.9. The minimum atomic E-state index is -1.17. The molecule has 0 spiro atoms. The van der Waals surface area contributed by atoms with Crippen LogP contribution in [0.3, 0.4) is 0 Å². The Morgan fingerprint density at radius 3 is 2.67 bits per heavy atom. The molecule has 1 aliphatic heterocycles. The maximum atomic E-state index is 12.3. The first kappa shape index (κ1) is 16.4. The second kappa shape index (κ2) is 6.60. The van der Waals surface area contributed by atoms with Crippen LogP contribution in [-0.4, -0.2) is 45.4 Å². The van der Waals surface area contributed by atoms with Crippen molar-refractivity contribution in [3.05, 3.63) is 41.9 Å². The zero-order valence-corrected chi connectivity index (χ0v) is 14.1. The Bertz CT molecular complexity index is 702. The van der Waals surface area contributed by atoms with Crippen LogP contribution < -0.4 is 10.2 Å². The SMILES string of the molecule is Cn1cc(C(C)(O)CNC(=O)c2ccc(N3CCCC3)nc2)cn1. The number of aromatic nitrogens is 3. The van der Waals surface area contributed by atoms with Gasteiger partial charge in [0.15, 0.2) is 0 Å². The van der Waals surface area contributed by atoms with Crippen LogP contribution in [0.1, 0.15) is 35.7 Å². The number of nitrogens with one attached hydrogen (secondary N) is 1. The van der Waals surface area contributed by atoms with E-state index in [1.165, 1.54) is 12.8 Å². The van der Waals surface area contributed by atoms with Gasteiger partial charge in [0.05, 0.1) is 18.3 Å². The lowest BCUT2D eigenvalue weighted by Gasteiger charge is -2.22. The van der Waals surface area contributed by atoms with Crippen molar-refractivity contribution >= 4 is 11.7 Å². The largest absolute Gasteiger partial charge is 0.383 e. The van der Waals surface area contributed by atoms with Crippen molar-refractivity contribution in [3.63, 3.8) is 0 Å². The summed E-state index contributed by atoms with van der Waals surface area (Å²) >= 11 is 0. The highest BCUT2D eigenvalue weighted by Crippen LogP contribution is 2.19. The molecule has 1 unspecified atom stereocenters. The van der Waals surface area contributed by atoms with Crippen molar-refractivity contribution < 1.29 is 9.90 Å². The van der Waals surface area contributed by atoms with Crippen molar-refractivity contribution in [1.29, 1.82) is 0 Å². The van der Waals surface area contributed by atoms with Gasteiger partial charge >= 0.3 is 0 Å². The molecule has 24 heavy (non-hydrogen) atoms. The van der Waals surface area contributed by atoms with Crippen LogP contribution >= 0.6 is 0 Å². The molecule has 0 bridgehead atoms. The van der Waals surface area contributed by atoms with Crippen LogP contribution in [0, 0.1) is 0 Å². The van der Waals surface area contributed by atoms with Gasteiger partial charge in [-0.15, -0.1) is 0 Å². The lowest BCUT2D eigenvalue weighted by Crippen LogP contribution is -2.38. The highest BCUT2D eigenvalue weighted by Gasteiger charge is 2.25. The maximum Gasteiger partial charge on any atom is 0.252 e. The van der Waals surface area contributed by atoms with Gasteiger partial charge in [-0.1, -0.05) is 0 Å². The molecule has 2 N–H and O–H groups in total. The Kier molecular flexibility index (Phi) is 4.53. The van der Waals surface area contributed by atoms with Gasteiger partial charge in [-0.25, -0.2) is 4.98 Å². The van der Waals surface area contributed by atoms with Crippen LogP contribution in [0.2, 0.25) is 0 Å². The average molecular weight is 329 g/mol. The third kappa shape index (κ3) is 3.56. The number of anilines is 1. The van der Waals surface area contributed by atoms with E-state index in [-0.39, 0.29) is 12.5 Å². The van der Waals surface area contributed by atoms with Gasteiger partial charge in [-0.3, -0.25) is 9.48 Å². The zero-order valence-electron chi connectivity index (χ0n) is 14.1. The van der Waals surface area contributed by atoms with E-state index in [4.69, 9.17) is 0 Å². The van der Waals surface area contributed by atoms with Gasteiger partial charge in [0.2, 0.25) is 0 Å². The molecule has 1 saturated heterocycles. The van der Waals surface area contributed by atoms with E-state index in [9.17, 15) is 9.90 Å². The summed E-state index contributed by atoms with van der Waals surface area (Å²) in [5, 5.41) is 17.3. The van der Waals surface area contributed by atoms with Crippen molar-refractivity contribution in [2.75, 3.05) is 24.5 Å². The van der Waals surface area contributed by atoms with E-state index in [1.807, 2.05) is 6.07 Å². The molecule has 1 aliphatic rings. The smallest absolute Gasteiger partial charge is 0.252 e. The van der Waals surface area contributed by atoms with Gasteiger partial charge < -0.3 is 15.3 Å². The first-order valence-corrected chi connectivity index (χ1v) is 8.16. The van der Waals surface area contributed by atoms with Crippen LogP contribution in [0.4, 0.5) is 5.82 Å². The summed E-state index contributed by atoms with van der Waals surface area (Å²) in [5.74, 6) is 0.658. The quantitative estimate of drug-likeness (QED) is 0.857. The number of aryl methyl sites for hydroxylation is 1. The highest BCUT2D eigenvalue weighted by atomic mass is 16.3. The molecule has 3 heterocycles. The summed E-state index contributed by atoms with van der Waals surface area (Å²) in [5.41, 5.74) is -0.0277. The summed E-state index contributed by atoms with van der Waals surface area (Å²) < 4.78 is 1.62. The van der Waals surface area contributed by atoms with Gasteiger partial charge in [0, 0.05) is 38.1 Å². The minimum Gasteiger partial charge on any atom is -0.383 e. The monoisotopic (exact) mass is 329 g/mol. The molecule has 128 valence electrons. The molecule has 0 radical (unpaired) electrons. The zero-order chi connectivity index (χ0) is 17.2. The summed E-state index contributed by atoms with van der Waals surface area (Å²) in [6.07, 6.45) is 7.29. The van der Waals surface area contributed by atoms with Gasteiger partial charge in [-0.2, -0.15) is 5.10 Å². The Morgan fingerprint density at radius 2 is 2.08 bits per heavy atom. The molecular weight excluding hydrogens is 306 g/mol. The summed E-state index contributed by atoms with van der Waals surface area (Å²) in [7, 11) is 1.78. The number of amides is 1. The summed E-state index contributed by atoms with van der Waals surface area (Å²) in [6.45, 7) is 3.80. The number of aliphatic hydroxyl groups is 1. The van der Waals surface area contributed by atoms with Crippen molar-refractivity contribution in [1.82, 2.24) is 20.1 Å². The predicted molar refractivity (Wildman–Crippen MR) is 90.8 cm³/mol. The van der Waals surface area contributed by atoms with Gasteiger partial charge in [0.1, 0.15) is 11.4 Å². The Balaban J connectivity index is 1.60. The van der Waals surface area contributed by atoms with E-state index < -0.39 is 5.60 Å². The Hall–Kier alpha value is -2.41. The average Bonchev–Trinajstić information content (AvgIpc) is 3.24. The number of hydrogen-bond donors (Lipinski definition) is 2. The second-order valence-corrected chi connectivity index (χ2v) is 6.46. The van der Waals surface area contributed by atoms with Gasteiger partial charge in [0.25, 0.3) is 5.91 Å². The lowest BCUT2D eigenvalue weighted by atomic mass is 9.99. The Labute approximate surface area is 141 Å². The standard InChI is InChI=1S/C17H23N5O2/c1-17(24,14-10-20-21(2)11-14)12-19-16(23)13-5-6-15(18-9-13)22-7-3-4-8-22/h5-6,9-11,24H,3-4,7-8,12H2,1-2H3,(H,19,23). The van der Waals surface area contributed by atoms with E-state index in [0.717, 1.165) is 18.9 Å². The molecule has 0 aromatic carbocycles. The van der Waals surface area contributed by atoms with E-state index in [0.29, 0.717) is 11.1 Å². The molecule has 1 atom stereocenters. The predicted octanol–water partition coefficient (Wildman–Crippen LogP) is 1.05. The van der Waals surface area contributed by atoms with Crippen LogP contribution in [0.15, 0.2) is 30.7 Å². The fourth-order valence-corrected chi connectivity index (χ4v) is 2.81. The highest BCUT2D eigenvalue weighted by molar-refractivity contribution is 5.94. The van der Waals surface area contributed by atoms with Crippen molar-refractivity contribution in [2.45, 2.75) is 25.4 Å². The molecule has 3 rings (SSSR count). The summed E-state index contributed by atoms with van der Waals surface area (Å²) in [6, 6.07) is 3.65. The second-order valence-electron chi connectivity index (χ2n) is 6.46. The number of nitrogens with zero attached hydrogens (tertiary/aromatic N) is 4. The maximum absolute atomic E-state index is 12.3. The van der Waals surface area contributed by atoms with E-state index in [1.54, 1.807) is 43.3 Å². The third-order valence-corrected chi connectivity index (χ3v) is 4.36. The Morgan fingerprint density at radius 1 is 1.33 bits per heavy atom. The normalized spacial score (nSPS) is 16.9. The van der Waals surface area contributed by atoms with Crippen LogP contribution in [0.5, 0.6) is 0 Å². The number of carbonyl (C=O) groups excluding carboxylic acids is 1. The molecular formula is C17H23N5O2. The van der Waals surface area contributed by atoms with Crippen molar-refractivity contribution in [3.8, 4) is 0 Å². The molecule has 2 aromatic rings. The van der Waals surface area contributed by atoms with Crippen LogP contribution in [0.25, 0.3) is 0 Å². The van der Waals surface area contributed by atoms with Crippen molar-refractivity contribution in [2.24, 2.45) is 7.05 Å². The first-order chi connectivity index (χ1) is 11.5. The molecule has 7 heteroatoms. The van der Waals surface area contributed by atoms with Gasteiger partial charge in [-0.05, 0) is 31.9 Å². The van der Waals surface area contributed by atoms with E-state index in [2.05, 4.69) is 20.3 Å². The van der Waals surface area contributed by atoms with Crippen LogP contribution in [-0.2, 0) is 12.6 Å². The minimum absolute atomic E-state index is 0.103. The molecule has 0 aliphatic carbocycles. The third-order valence-electron chi connectivity index (χ3n) is 4.36. The molecule has 1 fully saturated rings. The molecule has 1 amide bonds. The fourth-order valence-electron chi connectivity index (χ4n) is 2.81.